The van der Waals surface area contributed by atoms with Crippen LogP contribution in [0.25, 0.3) is 56.0 Å². The molecule has 5 aromatic heterocycles. The first-order valence-corrected chi connectivity index (χ1v) is 16.9. The standard InChI is InChI=1S/C36H37FN10O2/c37-25-14-23(16-27(17-25)49-12-11-47-9-1-2-10-47)28-20-40-21-31-33(28)44-36(43-31)35-34-30(45-46-35)4-3-29(42-34)24-15-26(19-39-18-24)41-32(48)13-22-5-7-38-8-6-22/h3-4,14-22,38H,1-2,5-13H2,(H,41,48)(H,43,44)(H,45,46). The number of likely N-dealkylation sites (tertiary alicyclic amines) is 1. The number of nitrogens with zero attached hydrogens (tertiary/aromatic N) is 6. The smallest absolute Gasteiger partial charge is 0.224 e. The number of ether oxygens (including phenoxy) is 1. The molecule has 2 saturated heterocycles. The van der Waals surface area contributed by atoms with Gasteiger partial charge in [0.2, 0.25) is 5.91 Å². The minimum Gasteiger partial charge on any atom is -0.492 e. The number of pyridine rings is 3. The third kappa shape index (κ3) is 6.85. The van der Waals surface area contributed by atoms with Crippen molar-refractivity contribution in [3.63, 3.8) is 0 Å². The summed E-state index contributed by atoms with van der Waals surface area (Å²) in [6.07, 6.45) is 11.7. The van der Waals surface area contributed by atoms with Crippen LogP contribution in [-0.2, 0) is 4.79 Å². The van der Waals surface area contributed by atoms with E-state index in [0.29, 0.717) is 75.3 Å². The summed E-state index contributed by atoms with van der Waals surface area (Å²) in [7, 11) is 0. The lowest BCUT2D eigenvalue weighted by Crippen LogP contribution is -2.30. The van der Waals surface area contributed by atoms with Gasteiger partial charge in [-0.1, -0.05) is 0 Å². The van der Waals surface area contributed by atoms with E-state index in [-0.39, 0.29) is 5.91 Å². The van der Waals surface area contributed by atoms with E-state index in [1.165, 1.54) is 25.0 Å². The highest BCUT2D eigenvalue weighted by Gasteiger charge is 2.20. The van der Waals surface area contributed by atoms with E-state index >= 15 is 0 Å². The molecule has 0 unspecified atom stereocenters. The van der Waals surface area contributed by atoms with Crippen molar-refractivity contribution >= 4 is 33.7 Å². The highest BCUT2D eigenvalue weighted by molar-refractivity contribution is 5.96. The molecule has 0 spiro atoms. The Bertz CT molecular complexity index is 2120. The Balaban J connectivity index is 1.05. The van der Waals surface area contributed by atoms with Gasteiger partial charge in [0.25, 0.3) is 0 Å². The van der Waals surface area contributed by atoms with Crippen LogP contribution < -0.4 is 15.4 Å². The molecule has 1 amide bonds. The van der Waals surface area contributed by atoms with Gasteiger partial charge in [0.15, 0.2) is 11.5 Å². The number of carbonyl (C=O) groups excluding carboxylic acids is 1. The Labute approximate surface area is 281 Å². The number of nitrogens with one attached hydrogen (secondary N) is 4. The highest BCUT2D eigenvalue weighted by atomic mass is 19.1. The monoisotopic (exact) mass is 660 g/mol. The predicted molar refractivity (Wildman–Crippen MR) is 185 cm³/mol. The molecule has 0 atom stereocenters. The Kier molecular flexibility index (Phi) is 8.67. The lowest BCUT2D eigenvalue weighted by atomic mass is 9.94. The van der Waals surface area contributed by atoms with E-state index < -0.39 is 5.82 Å². The second-order valence-corrected chi connectivity index (χ2v) is 12.8. The molecule has 12 nitrogen and oxygen atoms in total. The molecule has 1 aromatic carbocycles. The number of aromatic nitrogens is 7. The zero-order valence-corrected chi connectivity index (χ0v) is 27.0. The summed E-state index contributed by atoms with van der Waals surface area (Å²) in [5, 5.41) is 13.9. The van der Waals surface area contributed by atoms with Gasteiger partial charge in [0.05, 0.1) is 40.3 Å². The van der Waals surface area contributed by atoms with Crippen LogP contribution in [0.1, 0.15) is 32.1 Å². The number of aromatic amines is 2. The average Bonchev–Trinajstić information content (AvgIpc) is 3.88. The van der Waals surface area contributed by atoms with Crippen molar-refractivity contribution < 1.29 is 13.9 Å². The molecule has 0 radical (unpaired) electrons. The first-order valence-electron chi connectivity index (χ1n) is 16.9. The summed E-state index contributed by atoms with van der Waals surface area (Å²) in [5.41, 5.74) is 6.54. The average molecular weight is 661 g/mol. The lowest BCUT2D eigenvalue weighted by molar-refractivity contribution is -0.117. The van der Waals surface area contributed by atoms with E-state index in [2.05, 4.69) is 40.7 Å². The molecule has 13 heteroatoms. The van der Waals surface area contributed by atoms with Crippen LogP contribution in [0.5, 0.6) is 5.75 Å². The van der Waals surface area contributed by atoms with Crippen LogP contribution in [0.3, 0.4) is 0 Å². The number of fused-ring (bicyclic) bond motifs is 2. The van der Waals surface area contributed by atoms with Gasteiger partial charge < -0.3 is 20.4 Å². The molecule has 4 N–H and O–H groups in total. The second-order valence-electron chi connectivity index (χ2n) is 12.8. The van der Waals surface area contributed by atoms with E-state index in [4.69, 9.17) is 14.7 Å². The zero-order chi connectivity index (χ0) is 33.2. The first kappa shape index (κ1) is 31.0. The van der Waals surface area contributed by atoms with Gasteiger partial charge in [-0.05, 0) is 93.7 Å². The van der Waals surface area contributed by atoms with Crippen LogP contribution >= 0.6 is 0 Å². The van der Waals surface area contributed by atoms with Crippen molar-refractivity contribution in [3.8, 4) is 39.7 Å². The fraction of sp³-hybridized carbons (Fsp3) is 0.333. The van der Waals surface area contributed by atoms with E-state index in [1.54, 1.807) is 24.8 Å². The van der Waals surface area contributed by atoms with Crippen molar-refractivity contribution in [2.75, 3.05) is 44.6 Å². The maximum atomic E-state index is 14.8. The quantitative estimate of drug-likeness (QED) is 0.148. The summed E-state index contributed by atoms with van der Waals surface area (Å²) < 4.78 is 20.8. The third-order valence-electron chi connectivity index (χ3n) is 9.33. The van der Waals surface area contributed by atoms with Gasteiger partial charge in [-0.3, -0.25) is 24.8 Å². The number of carbonyl (C=O) groups is 1. The number of benzene rings is 1. The lowest BCUT2D eigenvalue weighted by Gasteiger charge is -2.21. The molecule has 0 bridgehead atoms. The van der Waals surface area contributed by atoms with Crippen molar-refractivity contribution in [1.82, 2.24) is 45.3 Å². The molecule has 0 aliphatic carbocycles. The van der Waals surface area contributed by atoms with Gasteiger partial charge in [0.1, 0.15) is 23.7 Å². The number of imidazole rings is 1. The normalized spacial score (nSPS) is 15.7. The SMILES string of the molecule is O=C(CC1CCNCC1)Nc1cncc(-c2ccc3[nH]nc(-c4nc5c(-c6cc(F)cc(OCCN7CCCC7)c6)cncc5[nH]4)c3n2)c1. The van der Waals surface area contributed by atoms with Crippen molar-refractivity contribution in [2.45, 2.75) is 32.1 Å². The molecule has 2 aliphatic rings. The number of hydrogen-bond acceptors (Lipinski definition) is 9. The Hall–Kier alpha value is -5.27. The summed E-state index contributed by atoms with van der Waals surface area (Å²) in [5.74, 6) is 0.953. The summed E-state index contributed by atoms with van der Waals surface area (Å²) >= 11 is 0. The number of amides is 1. The van der Waals surface area contributed by atoms with Gasteiger partial charge in [-0.15, -0.1) is 0 Å². The van der Waals surface area contributed by atoms with E-state index in [9.17, 15) is 9.18 Å². The van der Waals surface area contributed by atoms with Gasteiger partial charge in [-0.2, -0.15) is 5.10 Å². The highest BCUT2D eigenvalue weighted by Crippen LogP contribution is 2.33. The van der Waals surface area contributed by atoms with Crippen LogP contribution in [0, 0.1) is 11.7 Å². The fourth-order valence-electron chi connectivity index (χ4n) is 6.79. The Morgan fingerprint density at radius 3 is 2.67 bits per heavy atom. The Morgan fingerprint density at radius 1 is 0.939 bits per heavy atom. The molecule has 7 heterocycles. The first-order chi connectivity index (χ1) is 24.1. The fourth-order valence-corrected chi connectivity index (χ4v) is 6.79. The van der Waals surface area contributed by atoms with Crippen molar-refractivity contribution in [2.24, 2.45) is 5.92 Å². The number of anilines is 1. The van der Waals surface area contributed by atoms with Crippen molar-refractivity contribution in [1.29, 1.82) is 0 Å². The molecule has 0 saturated carbocycles. The van der Waals surface area contributed by atoms with E-state index in [0.717, 1.165) is 56.6 Å². The second kappa shape index (κ2) is 13.7. The van der Waals surface area contributed by atoms with Crippen molar-refractivity contribution in [3.05, 3.63) is 67.0 Å². The minimum atomic E-state index is -0.392. The molecular formula is C36H37FN10O2. The summed E-state index contributed by atoms with van der Waals surface area (Å²) in [4.78, 5) is 37.0. The molecule has 49 heavy (non-hydrogen) atoms. The van der Waals surface area contributed by atoms with Crippen LogP contribution in [0.2, 0.25) is 0 Å². The maximum Gasteiger partial charge on any atom is 0.224 e. The number of piperidine rings is 1. The molecule has 2 aliphatic heterocycles. The predicted octanol–water partition coefficient (Wildman–Crippen LogP) is 5.57. The maximum absolute atomic E-state index is 14.8. The molecule has 2 fully saturated rings. The Morgan fingerprint density at radius 2 is 1.80 bits per heavy atom. The molecular weight excluding hydrogens is 623 g/mol. The zero-order valence-electron chi connectivity index (χ0n) is 27.0. The van der Waals surface area contributed by atoms with Crippen LogP contribution in [0.4, 0.5) is 10.1 Å². The number of hydrogen-bond donors (Lipinski definition) is 4. The van der Waals surface area contributed by atoms with E-state index in [1.807, 2.05) is 24.3 Å². The van der Waals surface area contributed by atoms with Gasteiger partial charge >= 0.3 is 0 Å². The van der Waals surface area contributed by atoms with Crippen LogP contribution in [-0.4, -0.2) is 85.3 Å². The molecule has 6 aromatic rings. The largest absolute Gasteiger partial charge is 0.492 e. The third-order valence-corrected chi connectivity index (χ3v) is 9.33. The van der Waals surface area contributed by atoms with Crippen LogP contribution in [0.15, 0.2) is 61.2 Å². The molecule has 8 rings (SSSR count). The molecule has 250 valence electrons. The topological polar surface area (TPSA) is 150 Å². The number of halogens is 1. The van der Waals surface area contributed by atoms with Gasteiger partial charge in [-0.25, -0.2) is 14.4 Å². The number of rotatable bonds is 10. The summed E-state index contributed by atoms with van der Waals surface area (Å²) in [6, 6.07) is 10.4. The summed E-state index contributed by atoms with van der Waals surface area (Å²) in [6.45, 7) is 5.37. The minimum absolute atomic E-state index is 0.00960. The van der Waals surface area contributed by atoms with Gasteiger partial charge in [0, 0.05) is 42.6 Å². The number of H-pyrrole nitrogens is 2.